The number of alkyl halides is 3. The lowest BCUT2D eigenvalue weighted by molar-refractivity contribution is -0.142. The van der Waals surface area contributed by atoms with E-state index >= 15 is 4.39 Å². The molecule has 4 aromatic rings. The minimum Gasteiger partial charge on any atom is -0.384 e. The third-order valence-electron chi connectivity index (χ3n) is 6.32. The van der Waals surface area contributed by atoms with Crippen molar-refractivity contribution < 1.29 is 31.1 Å². The zero-order valence-corrected chi connectivity index (χ0v) is 20.1. The van der Waals surface area contributed by atoms with E-state index in [0.717, 1.165) is 36.1 Å². The first-order valence-electron chi connectivity index (χ1n) is 11.8. The zero-order valence-electron chi connectivity index (χ0n) is 20.1. The average Bonchev–Trinajstić information content (AvgIpc) is 2.85. The summed E-state index contributed by atoms with van der Waals surface area (Å²) in [5.41, 5.74) is 1.52. The highest BCUT2D eigenvalue weighted by molar-refractivity contribution is 5.84. The molecule has 0 radical (unpaired) electrons. The maximum absolute atomic E-state index is 15.1. The van der Waals surface area contributed by atoms with Crippen LogP contribution in [0.5, 0.6) is 0 Å². The Morgan fingerprint density at radius 3 is 2.08 bits per heavy atom. The molecule has 0 fully saturated rings. The van der Waals surface area contributed by atoms with Crippen LogP contribution in [0, 0.1) is 17.5 Å². The van der Waals surface area contributed by atoms with Crippen molar-refractivity contribution in [3.63, 3.8) is 0 Å². The van der Waals surface area contributed by atoms with E-state index in [2.05, 4.69) is 4.98 Å². The minimum absolute atomic E-state index is 0.0102. The van der Waals surface area contributed by atoms with Crippen LogP contribution in [0.1, 0.15) is 33.5 Å². The number of rotatable bonds is 9. The van der Waals surface area contributed by atoms with Crippen LogP contribution >= 0.6 is 0 Å². The van der Waals surface area contributed by atoms with Gasteiger partial charge in [0.1, 0.15) is 23.0 Å². The Morgan fingerprint density at radius 2 is 1.43 bits per heavy atom. The van der Waals surface area contributed by atoms with Gasteiger partial charge in [-0.15, -0.1) is 0 Å². The Labute approximate surface area is 210 Å². The highest BCUT2D eigenvalue weighted by Gasteiger charge is 2.37. The van der Waals surface area contributed by atoms with E-state index in [4.69, 9.17) is 4.74 Å². The molecule has 3 aromatic carbocycles. The highest BCUT2D eigenvalue weighted by Crippen LogP contribution is 2.34. The van der Waals surface area contributed by atoms with Gasteiger partial charge in [0.05, 0.1) is 6.61 Å². The molecule has 0 amide bonds. The Kier molecular flexibility index (Phi) is 8.17. The Hall–Kier alpha value is -3.39. The van der Waals surface area contributed by atoms with Gasteiger partial charge < -0.3 is 4.74 Å². The van der Waals surface area contributed by atoms with Crippen LogP contribution in [-0.4, -0.2) is 18.7 Å². The summed E-state index contributed by atoms with van der Waals surface area (Å²) in [7, 11) is 1.66. The number of hydrogen-bond donors (Lipinski definition) is 0. The topological polar surface area (TPSA) is 22.1 Å². The molecular formula is C29H25F6NO. The summed E-state index contributed by atoms with van der Waals surface area (Å²) in [6.45, 7) is 0.641. The largest absolute Gasteiger partial charge is 0.422 e. The van der Waals surface area contributed by atoms with Crippen molar-refractivity contribution in [1.29, 1.82) is 0 Å². The number of benzene rings is 3. The summed E-state index contributed by atoms with van der Waals surface area (Å²) in [6.07, 6.45) is -0.935. The van der Waals surface area contributed by atoms with E-state index in [0.29, 0.717) is 35.1 Å². The standard InChI is InChI=1S/C29H25F6NO/c1-37-13-12-19-4-10-23(36-17-19)9-3-18-5-11-24-22(14-18)8-7-21(28(24)32)6-2-20-15-25(30)27(26(31)16-20)29(33,34)35/h4-5,7-8,10-11,14-17H,2-3,6,9,12-13H2,1H3. The van der Waals surface area contributed by atoms with E-state index in [1.54, 1.807) is 25.3 Å². The molecule has 0 aliphatic carbocycles. The van der Waals surface area contributed by atoms with Crippen LogP contribution < -0.4 is 0 Å². The van der Waals surface area contributed by atoms with E-state index in [1.807, 2.05) is 30.5 Å². The van der Waals surface area contributed by atoms with Gasteiger partial charge in [0.15, 0.2) is 0 Å². The molecule has 0 aliphatic rings. The van der Waals surface area contributed by atoms with Gasteiger partial charge in [0.25, 0.3) is 0 Å². The molecular weight excluding hydrogens is 492 g/mol. The van der Waals surface area contributed by atoms with Crippen molar-refractivity contribution in [3.05, 3.63) is 112 Å². The summed E-state index contributed by atoms with van der Waals surface area (Å²) in [4.78, 5) is 4.49. The zero-order chi connectivity index (χ0) is 26.6. The fraction of sp³-hybridized carbons (Fsp3) is 0.276. The second-order valence-electron chi connectivity index (χ2n) is 8.93. The molecule has 4 rings (SSSR count). The molecule has 0 saturated heterocycles. The van der Waals surface area contributed by atoms with Crippen molar-refractivity contribution in [1.82, 2.24) is 4.98 Å². The van der Waals surface area contributed by atoms with Crippen molar-refractivity contribution >= 4 is 10.8 Å². The monoisotopic (exact) mass is 517 g/mol. The van der Waals surface area contributed by atoms with Gasteiger partial charge in [-0.3, -0.25) is 4.98 Å². The molecule has 0 spiro atoms. The van der Waals surface area contributed by atoms with Crippen LogP contribution in [0.3, 0.4) is 0 Å². The van der Waals surface area contributed by atoms with Crippen molar-refractivity contribution in [2.75, 3.05) is 13.7 Å². The predicted molar refractivity (Wildman–Crippen MR) is 130 cm³/mol. The molecule has 0 N–H and O–H groups in total. The summed E-state index contributed by atoms with van der Waals surface area (Å²) < 4.78 is 86.2. The number of methoxy groups -OCH3 is 1. The molecule has 37 heavy (non-hydrogen) atoms. The molecule has 0 saturated carbocycles. The summed E-state index contributed by atoms with van der Waals surface area (Å²) in [5.74, 6) is -3.80. The number of nitrogens with zero attached hydrogens (tertiary/aromatic N) is 1. The van der Waals surface area contributed by atoms with Crippen LogP contribution in [0.4, 0.5) is 26.3 Å². The number of hydrogen-bond acceptors (Lipinski definition) is 2. The second-order valence-corrected chi connectivity index (χ2v) is 8.93. The Balaban J connectivity index is 1.42. The lowest BCUT2D eigenvalue weighted by Crippen LogP contribution is -2.12. The molecule has 8 heteroatoms. The molecule has 2 nitrogen and oxygen atoms in total. The fourth-order valence-electron chi connectivity index (χ4n) is 4.30. The van der Waals surface area contributed by atoms with E-state index in [-0.39, 0.29) is 18.4 Å². The van der Waals surface area contributed by atoms with Gasteiger partial charge in [-0.2, -0.15) is 13.2 Å². The minimum atomic E-state index is -5.12. The van der Waals surface area contributed by atoms with E-state index in [9.17, 15) is 22.0 Å². The van der Waals surface area contributed by atoms with E-state index in [1.165, 1.54) is 0 Å². The van der Waals surface area contributed by atoms with Gasteiger partial charge in [0, 0.05) is 24.4 Å². The first-order valence-corrected chi connectivity index (χ1v) is 11.8. The van der Waals surface area contributed by atoms with Gasteiger partial charge in [0.2, 0.25) is 0 Å². The summed E-state index contributed by atoms with van der Waals surface area (Å²) >= 11 is 0. The molecule has 0 atom stereocenters. The molecule has 194 valence electrons. The summed E-state index contributed by atoms with van der Waals surface area (Å²) in [5, 5.41) is 1.12. The maximum Gasteiger partial charge on any atom is 0.422 e. The predicted octanol–water partition coefficient (Wildman–Crippen LogP) is 7.43. The highest BCUT2D eigenvalue weighted by atomic mass is 19.4. The van der Waals surface area contributed by atoms with Gasteiger partial charge in [-0.25, -0.2) is 13.2 Å². The van der Waals surface area contributed by atoms with Crippen molar-refractivity contribution in [2.45, 2.75) is 38.3 Å². The number of aryl methyl sites for hydroxylation is 4. The third kappa shape index (κ3) is 6.49. The number of aromatic nitrogens is 1. The van der Waals surface area contributed by atoms with Gasteiger partial charge in [-0.05, 0) is 77.9 Å². The first kappa shape index (κ1) is 26.7. The normalized spacial score (nSPS) is 11.9. The third-order valence-corrected chi connectivity index (χ3v) is 6.32. The van der Waals surface area contributed by atoms with Crippen molar-refractivity contribution in [3.8, 4) is 0 Å². The van der Waals surface area contributed by atoms with Gasteiger partial charge >= 0.3 is 6.18 Å². The molecule has 0 aliphatic heterocycles. The van der Waals surface area contributed by atoms with E-state index < -0.39 is 29.2 Å². The second kappa shape index (κ2) is 11.3. The molecule has 0 bridgehead atoms. The van der Waals surface area contributed by atoms with Crippen LogP contribution in [-0.2, 0) is 43.0 Å². The fourth-order valence-corrected chi connectivity index (χ4v) is 4.30. The maximum atomic E-state index is 15.1. The Morgan fingerprint density at radius 1 is 0.730 bits per heavy atom. The number of halogens is 6. The Bertz CT molecular complexity index is 1360. The van der Waals surface area contributed by atoms with Crippen LogP contribution in [0.25, 0.3) is 10.8 Å². The average molecular weight is 518 g/mol. The first-order chi connectivity index (χ1) is 17.7. The lowest BCUT2D eigenvalue weighted by atomic mass is 9.97. The molecule has 1 heterocycles. The van der Waals surface area contributed by atoms with Crippen LogP contribution in [0.2, 0.25) is 0 Å². The smallest absolute Gasteiger partial charge is 0.384 e. The SMILES string of the molecule is COCCc1ccc(CCc2ccc3c(F)c(CCc4cc(F)c(C(F)(F)F)c(F)c4)ccc3c2)nc1. The lowest BCUT2D eigenvalue weighted by Gasteiger charge is -2.12. The number of pyridine rings is 1. The number of ether oxygens (including phenoxy) is 1. The quantitative estimate of drug-likeness (QED) is 0.216. The van der Waals surface area contributed by atoms with Gasteiger partial charge in [-0.1, -0.05) is 36.4 Å². The molecule has 0 unspecified atom stereocenters. The summed E-state index contributed by atoms with van der Waals surface area (Å²) in [6, 6.07) is 14.2. The molecule has 1 aromatic heterocycles. The van der Waals surface area contributed by atoms with Crippen LogP contribution in [0.15, 0.2) is 60.8 Å². The number of fused-ring (bicyclic) bond motifs is 1. The van der Waals surface area contributed by atoms with Crippen molar-refractivity contribution in [2.24, 2.45) is 0 Å².